The quantitative estimate of drug-likeness (QED) is 0.919. The Bertz CT molecular complexity index is 567. The van der Waals surface area contributed by atoms with E-state index in [9.17, 15) is 13.9 Å². The molecule has 0 aromatic heterocycles. The molecule has 0 heterocycles. The Morgan fingerprint density at radius 3 is 2.16 bits per heavy atom. The van der Waals surface area contributed by atoms with Crippen molar-refractivity contribution in [3.63, 3.8) is 0 Å². The van der Waals surface area contributed by atoms with Gasteiger partial charge >= 0.3 is 0 Å². The second-order valence-corrected chi connectivity index (χ2v) is 4.55. The van der Waals surface area contributed by atoms with E-state index in [0.29, 0.717) is 5.56 Å². The maximum absolute atomic E-state index is 13.6. The average Bonchev–Trinajstić information content (AvgIpc) is 2.38. The molecule has 2 aromatic rings. The maximum Gasteiger partial charge on any atom is 0.132 e. The van der Waals surface area contributed by atoms with Crippen LogP contribution in [0, 0.1) is 11.6 Å². The summed E-state index contributed by atoms with van der Waals surface area (Å²) < 4.78 is 26.4. The second kappa shape index (κ2) is 5.36. The largest absolute Gasteiger partial charge is 0.384 e. The third kappa shape index (κ3) is 2.90. The van der Waals surface area contributed by atoms with Crippen molar-refractivity contribution in [3.05, 3.63) is 65.2 Å². The number of rotatable bonds is 3. The predicted octanol–water partition coefficient (Wildman–Crippen LogP) is 3.11. The fourth-order valence-corrected chi connectivity index (χ4v) is 1.86. The van der Waals surface area contributed by atoms with Crippen LogP contribution in [0.2, 0.25) is 0 Å². The van der Waals surface area contributed by atoms with Crippen molar-refractivity contribution in [2.75, 3.05) is 19.0 Å². The van der Waals surface area contributed by atoms with Gasteiger partial charge in [0.25, 0.3) is 0 Å². The topological polar surface area (TPSA) is 23.5 Å². The van der Waals surface area contributed by atoms with Crippen LogP contribution in [-0.2, 0) is 0 Å². The van der Waals surface area contributed by atoms with Crippen LogP contribution in [-0.4, -0.2) is 19.2 Å². The van der Waals surface area contributed by atoms with E-state index in [-0.39, 0.29) is 5.56 Å². The highest BCUT2D eigenvalue weighted by atomic mass is 19.1. The Morgan fingerprint density at radius 2 is 1.63 bits per heavy atom. The molecule has 0 saturated heterocycles. The van der Waals surface area contributed by atoms with E-state index < -0.39 is 17.7 Å². The average molecular weight is 263 g/mol. The Hall–Kier alpha value is -1.94. The second-order valence-electron chi connectivity index (χ2n) is 4.55. The molecule has 0 fully saturated rings. The van der Waals surface area contributed by atoms with Crippen LogP contribution < -0.4 is 4.90 Å². The van der Waals surface area contributed by atoms with Crippen LogP contribution in [0.15, 0.2) is 42.5 Å². The fraction of sp³-hybridized carbons (Fsp3) is 0.200. The number of anilines is 1. The minimum absolute atomic E-state index is 0.0685. The summed E-state index contributed by atoms with van der Waals surface area (Å²) >= 11 is 0. The molecule has 0 radical (unpaired) electrons. The molecule has 0 saturated carbocycles. The minimum atomic E-state index is -1.10. The third-order valence-electron chi connectivity index (χ3n) is 2.98. The van der Waals surface area contributed by atoms with Gasteiger partial charge in [0.2, 0.25) is 0 Å². The maximum atomic E-state index is 13.6. The molecule has 1 unspecified atom stereocenters. The lowest BCUT2D eigenvalue weighted by molar-refractivity contribution is 0.214. The van der Waals surface area contributed by atoms with Gasteiger partial charge in [-0.15, -0.1) is 0 Å². The Kier molecular flexibility index (Phi) is 3.81. The van der Waals surface area contributed by atoms with Crippen LogP contribution in [0.5, 0.6) is 0 Å². The van der Waals surface area contributed by atoms with E-state index in [1.807, 2.05) is 31.1 Å². The zero-order chi connectivity index (χ0) is 14.0. The lowest BCUT2D eigenvalue weighted by atomic mass is 10.0. The van der Waals surface area contributed by atoms with E-state index >= 15 is 0 Å². The first-order chi connectivity index (χ1) is 8.99. The first-order valence-electron chi connectivity index (χ1n) is 5.89. The molecular formula is C15H15F2NO. The fourth-order valence-electron chi connectivity index (χ4n) is 1.86. The molecule has 19 heavy (non-hydrogen) atoms. The minimum Gasteiger partial charge on any atom is -0.384 e. The van der Waals surface area contributed by atoms with E-state index in [2.05, 4.69) is 0 Å². The van der Waals surface area contributed by atoms with Gasteiger partial charge in [-0.25, -0.2) is 8.78 Å². The number of hydrogen-bond donors (Lipinski definition) is 1. The number of halogens is 2. The van der Waals surface area contributed by atoms with E-state index in [1.54, 1.807) is 12.1 Å². The summed E-state index contributed by atoms with van der Waals surface area (Å²) in [5.74, 6) is -1.40. The van der Waals surface area contributed by atoms with Gasteiger partial charge in [-0.3, -0.25) is 0 Å². The highest BCUT2D eigenvalue weighted by molar-refractivity contribution is 5.47. The molecule has 2 rings (SSSR count). The SMILES string of the molecule is CN(C)c1ccc(C(O)c2ccc(F)cc2F)cc1. The standard InChI is InChI=1S/C15H15F2NO/c1-18(2)12-6-3-10(4-7-12)15(19)13-8-5-11(16)9-14(13)17/h3-9,15,19H,1-2H3. The van der Waals surface area contributed by atoms with Crippen LogP contribution >= 0.6 is 0 Å². The van der Waals surface area contributed by atoms with Crippen LogP contribution in [0.25, 0.3) is 0 Å². The molecule has 0 amide bonds. The van der Waals surface area contributed by atoms with E-state index in [4.69, 9.17) is 0 Å². The summed E-state index contributed by atoms with van der Waals surface area (Å²) in [7, 11) is 3.82. The van der Waals surface area contributed by atoms with Gasteiger partial charge in [-0.2, -0.15) is 0 Å². The van der Waals surface area contributed by atoms with E-state index in [0.717, 1.165) is 17.8 Å². The van der Waals surface area contributed by atoms with Gasteiger partial charge < -0.3 is 10.0 Å². The van der Waals surface area contributed by atoms with Crippen LogP contribution in [0.1, 0.15) is 17.2 Å². The Labute approximate surface area is 110 Å². The van der Waals surface area contributed by atoms with Crippen molar-refractivity contribution >= 4 is 5.69 Å². The molecular weight excluding hydrogens is 248 g/mol. The summed E-state index contributed by atoms with van der Waals surface area (Å²) in [6.07, 6.45) is -1.10. The third-order valence-corrected chi connectivity index (χ3v) is 2.98. The van der Waals surface area contributed by atoms with Gasteiger partial charge in [0, 0.05) is 31.4 Å². The number of aliphatic hydroxyl groups excluding tert-OH is 1. The van der Waals surface area contributed by atoms with Gasteiger partial charge in [-0.05, 0) is 23.8 Å². The Balaban J connectivity index is 2.30. The molecule has 2 nitrogen and oxygen atoms in total. The molecule has 100 valence electrons. The van der Waals surface area contributed by atoms with E-state index in [1.165, 1.54) is 6.07 Å². The summed E-state index contributed by atoms with van der Waals surface area (Å²) in [6, 6.07) is 10.3. The monoisotopic (exact) mass is 263 g/mol. The smallest absolute Gasteiger partial charge is 0.132 e. The summed E-state index contributed by atoms with van der Waals surface area (Å²) in [5.41, 5.74) is 1.62. The highest BCUT2D eigenvalue weighted by Crippen LogP contribution is 2.26. The molecule has 0 aliphatic carbocycles. The Morgan fingerprint density at radius 1 is 1.00 bits per heavy atom. The van der Waals surface area contributed by atoms with Gasteiger partial charge in [-0.1, -0.05) is 18.2 Å². The highest BCUT2D eigenvalue weighted by Gasteiger charge is 2.15. The lowest BCUT2D eigenvalue weighted by Gasteiger charge is -2.16. The molecule has 0 aliphatic heterocycles. The van der Waals surface area contributed by atoms with Crippen LogP contribution in [0.4, 0.5) is 14.5 Å². The molecule has 1 atom stereocenters. The zero-order valence-corrected chi connectivity index (χ0v) is 10.8. The van der Waals surface area contributed by atoms with Crippen molar-refractivity contribution in [2.24, 2.45) is 0 Å². The molecule has 4 heteroatoms. The molecule has 1 N–H and O–H groups in total. The zero-order valence-electron chi connectivity index (χ0n) is 10.8. The van der Waals surface area contributed by atoms with Crippen LogP contribution in [0.3, 0.4) is 0 Å². The van der Waals surface area contributed by atoms with Crippen molar-refractivity contribution in [3.8, 4) is 0 Å². The van der Waals surface area contributed by atoms with Crippen molar-refractivity contribution in [2.45, 2.75) is 6.10 Å². The number of nitrogens with zero attached hydrogens (tertiary/aromatic N) is 1. The number of benzene rings is 2. The van der Waals surface area contributed by atoms with Crippen molar-refractivity contribution < 1.29 is 13.9 Å². The van der Waals surface area contributed by atoms with Gasteiger partial charge in [0.05, 0.1) is 0 Å². The molecule has 2 aromatic carbocycles. The van der Waals surface area contributed by atoms with Crippen molar-refractivity contribution in [1.29, 1.82) is 0 Å². The first-order valence-corrected chi connectivity index (χ1v) is 5.89. The summed E-state index contributed by atoms with van der Waals surface area (Å²) in [6.45, 7) is 0. The molecule has 0 bridgehead atoms. The molecule has 0 aliphatic rings. The van der Waals surface area contributed by atoms with Crippen molar-refractivity contribution in [1.82, 2.24) is 0 Å². The first kappa shape index (κ1) is 13.5. The normalized spacial score (nSPS) is 12.3. The van der Waals surface area contributed by atoms with Gasteiger partial charge in [0.1, 0.15) is 17.7 Å². The predicted molar refractivity (Wildman–Crippen MR) is 71.2 cm³/mol. The summed E-state index contributed by atoms with van der Waals surface area (Å²) in [5, 5.41) is 10.1. The van der Waals surface area contributed by atoms with Gasteiger partial charge in [0.15, 0.2) is 0 Å². The summed E-state index contributed by atoms with van der Waals surface area (Å²) in [4.78, 5) is 1.93. The molecule has 0 spiro atoms. The number of hydrogen-bond acceptors (Lipinski definition) is 2. The lowest BCUT2D eigenvalue weighted by Crippen LogP contribution is -2.09. The number of aliphatic hydroxyl groups is 1.